The van der Waals surface area contributed by atoms with E-state index in [1.807, 2.05) is 4.90 Å². The number of fused-ring (bicyclic) bond motifs is 1. The predicted octanol–water partition coefficient (Wildman–Crippen LogP) is 0.437. The summed E-state index contributed by atoms with van der Waals surface area (Å²) in [6, 6.07) is -0.919. The number of aliphatic imine (C=N–C) groups is 1. The number of hydrogen-bond acceptors (Lipinski definition) is 3. The highest BCUT2D eigenvalue weighted by Crippen LogP contribution is 2.25. The predicted molar refractivity (Wildman–Crippen MR) is 105 cm³/mol. The Morgan fingerprint density at radius 1 is 1.14 bits per heavy atom. The van der Waals surface area contributed by atoms with E-state index in [-0.39, 0.29) is 23.8 Å². The number of rotatable bonds is 6. The van der Waals surface area contributed by atoms with Gasteiger partial charge in [0.1, 0.15) is 0 Å². The van der Waals surface area contributed by atoms with Crippen molar-refractivity contribution >= 4 is 29.6 Å². The van der Waals surface area contributed by atoms with Crippen molar-refractivity contribution < 1.29 is 19.0 Å². The lowest BCUT2D eigenvalue weighted by Crippen LogP contribution is -2.63. The number of imide groups is 1. The molecule has 0 saturated carbocycles. The van der Waals surface area contributed by atoms with Crippen LogP contribution < -0.4 is 5.73 Å². The molecule has 0 radical (unpaired) electrons. The normalized spacial score (nSPS) is 25.4. The molecule has 2 N–H and O–H groups in total. The van der Waals surface area contributed by atoms with Crippen LogP contribution in [-0.2, 0) is 9.59 Å². The molecule has 0 aromatic rings. The standard InChI is InChI=1S/C19H30N6O3/c1-4-5-6-7-10-25-14-16(22(2)19(28)23(3)17(14)27)21-18(25)24-11-8-13(9-12-24)15(20)26/h13-14H,4-12H2,1-3H3,(H-,20,26)/p+1. The number of nitrogens with zero attached hydrogens (tertiary/aromatic N) is 5. The van der Waals surface area contributed by atoms with Crippen molar-refractivity contribution in [2.45, 2.75) is 51.5 Å². The summed E-state index contributed by atoms with van der Waals surface area (Å²) in [6.07, 6.45) is 5.70. The highest BCUT2D eigenvalue weighted by Gasteiger charge is 2.55. The molecule has 0 aliphatic carbocycles. The molecule has 2 saturated heterocycles. The van der Waals surface area contributed by atoms with E-state index in [1.54, 1.807) is 7.05 Å². The Bertz CT molecular complexity index is 721. The van der Waals surface area contributed by atoms with Crippen molar-refractivity contribution in [1.29, 1.82) is 0 Å². The van der Waals surface area contributed by atoms with E-state index in [1.165, 1.54) is 16.8 Å². The number of unbranched alkanes of at least 4 members (excludes halogenated alkanes) is 3. The first-order valence-electron chi connectivity index (χ1n) is 10.2. The fourth-order valence-corrected chi connectivity index (χ4v) is 4.14. The Labute approximate surface area is 165 Å². The van der Waals surface area contributed by atoms with Crippen molar-refractivity contribution in [3.05, 3.63) is 0 Å². The SMILES string of the molecule is CCCCCCN1C(=[N+]2CCC(C(N)=O)CC2)N=C2C1C(=O)N(C)C(=O)N2C. The fraction of sp³-hybridized carbons (Fsp3) is 0.737. The minimum absolute atomic E-state index is 0.108. The number of hydrogen-bond donors (Lipinski definition) is 1. The molecule has 2 fully saturated rings. The van der Waals surface area contributed by atoms with Gasteiger partial charge in [-0.25, -0.2) is 9.69 Å². The third-order valence-electron chi connectivity index (χ3n) is 5.94. The first kappa shape index (κ1) is 20.3. The zero-order valence-electron chi connectivity index (χ0n) is 17.1. The molecule has 0 spiro atoms. The highest BCUT2D eigenvalue weighted by atomic mass is 16.2. The van der Waals surface area contributed by atoms with Crippen LogP contribution in [0, 0.1) is 5.92 Å². The van der Waals surface area contributed by atoms with Crippen LogP contribution in [-0.4, -0.2) is 88.7 Å². The van der Waals surface area contributed by atoms with Gasteiger partial charge in [0.15, 0.2) is 0 Å². The number of nitrogens with two attached hydrogens (primary N) is 1. The van der Waals surface area contributed by atoms with Crippen molar-refractivity contribution in [3.63, 3.8) is 0 Å². The number of primary amides is 1. The van der Waals surface area contributed by atoms with Crippen LogP contribution >= 0.6 is 0 Å². The maximum Gasteiger partial charge on any atom is 0.392 e. The molecule has 3 aliphatic rings. The maximum absolute atomic E-state index is 12.9. The second-order valence-corrected chi connectivity index (χ2v) is 7.83. The van der Waals surface area contributed by atoms with Gasteiger partial charge in [-0.2, -0.15) is 0 Å². The second-order valence-electron chi connectivity index (χ2n) is 7.83. The Kier molecular flexibility index (Phi) is 6.00. The van der Waals surface area contributed by atoms with E-state index < -0.39 is 6.04 Å². The first-order chi connectivity index (χ1) is 13.4. The van der Waals surface area contributed by atoms with Gasteiger partial charge in [-0.15, -0.1) is 0 Å². The Hall–Kier alpha value is -2.45. The van der Waals surface area contributed by atoms with Crippen LogP contribution in [0.5, 0.6) is 0 Å². The molecule has 1 unspecified atom stereocenters. The number of guanidine groups is 1. The van der Waals surface area contributed by atoms with Gasteiger partial charge in [-0.05, 0) is 19.3 Å². The minimum Gasteiger partial charge on any atom is -0.369 e. The fourth-order valence-electron chi connectivity index (χ4n) is 4.14. The van der Waals surface area contributed by atoms with Gasteiger partial charge in [-0.1, -0.05) is 31.2 Å². The summed E-state index contributed by atoms with van der Waals surface area (Å²) < 4.78 is 2.12. The molecule has 0 bridgehead atoms. The van der Waals surface area contributed by atoms with Gasteiger partial charge in [-0.3, -0.25) is 24.0 Å². The van der Waals surface area contributed by atoms with E-state index in [9.17, 15) is 14.4 Å². The van der Waals surface area contributed by atoms with Crippen LogP contribution in [0.1, 0.15) is 45.4 Å². The van der Waals surface area contributed by atoms with Gasteiger partial charge in [0, 0.05) is 20.0 Å². The van der Waals surface area contributed by atoms with Gasteiger partial charge in [0.2, 0.25) is 17.8 Å². The summed E-state index contributed by atoms with van der Waals surface area (Å²) in [5, 5.41) is 0. The van der Waals surface area contributed by atoms with Crippen molar-refractivity contribution in [1.82, 2.24) is 14.7 Å². The largest absolute Gasteiger partial charge is 0.392 e. The lowest BCUT2D eigenvalue weighted by Gasteiger charge is -2.33. The zero-order valence-corrected chi connectivity index (χ0v) is 17.1. The maximum atomic E-state index is 12.9. The monoisotopic (exact) mass is 391 g/mol. The number of carbonyl (C=O) groups is 3. The lowest BCUT2D eigenvalue weighted by molar-refractivity contribution is -0.545. The summed E-state index contributed by atoms with van der Waals surface area (Å²) in [5.41, 5.74) is 5.45. The third kappa shape index (κ3) is 3.62. The summed E-state index contributed by atoms with van der Waals surface area (Å²) >= 11 is 0. The molecule has 9 nitrogen and oxygen atoms in total. The summed E-state index contributed by atoms with van der Waals surface area (Å²) in [4.78, 5) is 46.1. The summed E-state index contributed by atoms with van der Waals surface area (Å²) in [7, 11) is 3.18. The van der Waals surface area contributed by atoms with Crippen LogP contribution in [0.2, 0.25) is 0 Å². The van der Waals surface area contributed by atoms with Crippen molar-refractivity contribution in [2.75, 3.05) is 33.7 Å². The van der Waals surface area contributed by atoms with E-state index in [4.69, 9.17) is 10.7 Å². The number of amides is 4. The van der Waals surface area contributed by atoms with Crippen molar-refractivity contribution in [2.24, 2.45) is 16.6 Å². The molecule has 0 aromatic heterocycles. The number of amidine groups is 1. The van der Waals surface area contributed by atoms with Gasteiger partial charge in [0.05, 0.1) is 19.6 Å². The topological polar surface area (TPSA) is 102 Å². The number of likely N-dealkylation sites (N-methyl/N-ethyl adjacent to an activating group) is 2. The number of urea groups is 1. The van der Waals surface area contributed by atoms with Crippen LogP contribution in [0.25, 0.3) is 0 Å². The summed E-state index contributed by atoms with van der Waals surface area (Å²) in [6.45, 7) is 4.21. The van der Waals surface area contributed by atoms with Gasteiger partial charge >= 0.3 is 12.0 Å². The van der Waals surface area contributed by atoms with Crippen LogP contribution in [0.15, 0.2) is 4.99 Å². The molecule has 154 valence electrons. The molecule has 1 atom stereocenters. The molecule has 3 aliphatic heterocycles. The average molecular weight is 391 g/mol. The molecule has 3 heterocycles. The molecule has 3 rings (SSSR count). The van der Waals surface area contributed by atoms with E-state index in [0.717, 1.165) is 31.6 Å². The molecule has 9 heteroatoms. The van der Waals surface area contributed by atoms with Crippen molar-refractivity contribution in [3.8, 4) is 0 Å². The molecular weight excluding hydrogens is 360 g/mol. The summed E-state index contributed by atoms with van der Waals surface area (Å²) in [5.74, 6) is 0.635. The van der Waals surface area contributed by atoms with Crippen LogP contribution in [0.4, 0.5) is 4.79 Å². The zero-order chi connectivity index (χ0) is 20.4. The Morgan fingerprint density at radius 2 is 1.82 bits per heavy atom. The van der Waals surface area contributed by atoms with Crippen LogP contribution in [0.3, 0.4) is 0 Å². The van der Waals surface area contributed by atoms with Gasteiger partial charge < -0.3 is 5.73 Å². The quantitative estimate of drug-likeness (QED) is 0.524. The Balaban J connectivity index is 1.89. The van der Waals surface area contributed by atoms with Gasteiger partial charge in [0.25, 0.3) is 5.91 Å². The van der Waals surface area contributed by atoms with E-state index >= 15 is 0 Å². The van der Waals surface area contributed by atoms with E-state index in [0.29, 0.717) is 38.3 Å². The van der Waals surface area contributed by atoms with E-state index in [2.05, 4.69) is 11.5 Å². The molecular formula is C19H31N6O3+. The highest BCUT2D eigenvalue weighted by molar-refractivity contribution is 6.25. The molecule has 0 aromatic carbocycles. The lowest BCUT2D eigenvalue weighted by atomic mass is 9.97. The number of carbonyl (C=O) groups excluding carboxylic acids is 3. The smallest absolute Gasteiger partial charge is 0.369 e. The number of piperidine rings is 1. The first-order valence-corrected chi connectivity index (χ1v) is 10.2. The minimum atomic E-state index is -0.557. The average Bonchev–Trinajstić information content (AvgIpc) is 3.07. The Morgan fingerprint density at radius 3 is 2.43 bits per heavy atom. The third-order valence-corrected chi connectivity index (χ3v) is 5.94. The second kappa shape index (κ2) is 8.28. The molecule has 28 heavy (non-hydrogen) atoms. The molecule has 4 amide bonds.